The number of esters is 1. The lowest BCUT2D eigenvalue weighted by atomic mass is 10.2. The van der Waals surface area contributed by atoms with E-state index in [1.54, 1.807) is 30.0 Å². The molecular formula is C21H26N4O5. The maximum Gasteiger partial charge on any atom is 0.356 e. The Labute approximate surface area is 174 Å². The second-order valence-corrected chi connectivity index (χ2v) is 6.84. The third kappa shape index (κ3) is 4.30. The maximum absolute atomic E-state index is 12.7. The molecule has 0 aliphatic carbocycles. The Balaban J connectivity index is 2.17. The molecule has 30 heavy (non-hydrogen) atoms. The quantitative estimate of drug-likeness (QED) is 0.516. The molecule has 1 atom stereocenters. The first-order valence-electron chi connectivity index (χ1n) is 9.71. The maximum atomic E-state index is 12.7. The van der Waals surface area contributed by atoms with Crippen LogP contribution in [0, 0.1) is 0 Å². The topological polar surface area (TPSA) is 108 Å². The third-order valence-electron chi connectivity index (χ3n) is 4.81. The van der Waals surface area contributed by atoms with E-state index >= 15 is 0 Å². The molecule has 0 unspecified atom stereocenters. The van der Waals surface area contributed by atoms with Crippen molar-refractivity contribution in [3.8, 4) is 0 Å². The number of nitrogens with zero attached hydrogens (tertiary/aromatic N) is 2. The smallest absolute Gasteiger partial charge is 0.356 e. The van der Waals surface area contributed by atoms with E-state index in [0.29, 0.717) is 29.9 Å². The van der Waals surface area contributed by atoms with Crippen molar-refractivity contribution in [3.63, 3.8) is 0 Å². The molecule has 0 saturated heterocycles. The number of fused-ring (bicyclic) bond motifs is 1. The van der Waals surface area contributed by atoms with Gasteiger partial charge < -0.3 is 29.1 Å². The number of methoxy groups -OCH3 is 2. The summed E-state index contributed by atoms with van der Waals surface area (Å²) in [5.41, 5.74) is 1.83. The number of carbonyl (C=O) groups is 2. The molecule has 0 spiro atoms. The van der Waals surface area contributed by atoms with E-state index < -0.39 is 11.9 Å². The molecule has 3 aromatic rings. The molecule has 160 valence electrons. The van der Waals surface area contributed by atoms with E-state index in [4.69, 9.17) is 13.9 Å². The Morgan fingerprint density at radius 3 is 2.77 bits per heavy atom. The van der Waals surface area contributed by atoms with E-state index in [1.807, 2.05) is 6.07 Å². The fourth-order valence-corrected chi connectivity index (χ4v) is 3.11. The summed E-state index contributed by atoms with van der Waals surface area (Å²) in [6, 6.07) is 5.27. The molecular weight excluding hydrogens is 388 g/mol. The molecule has 3 heterocycles. The molecule has 0 bridgehead atoms. The molecule has 9 heteroatoms. The molecule has 0 aliphatic heterocycles. The van der Waals surface area contributed by atoms with E-state index in [1.165, 1.54) is 13.4 Å². The van der Waals surface area contributed by atoms with E-state index in [9.17, 15) is 9.59 Å². The third-order valence-corrected chi connectivity index (χ3v) is 4.81. The number of pyridine rings is 1. The number of rotatable bonds is 9. The van der Waals surface area contributed by atoms with Crippen molar-refractivity contribution in [1.29, 1.82) is 0 Å². The minimum absolute atomic E-state index is 0.130. The van der Waals surface area contributed by atoms with Gasteiger partial charge in [0.1, 0.15) is 5.65 Å². The summed E-state index contributed by atoms with van der Waals surface area (Å²) in [7, 11) is 2.87. The highest BCUT2D eigenvalue weighted by Crippen LogP contribution is 2.33. The molecule has 0 aliphatic rings. The number of ether oxygens (including phenoxy) is 2. The van der Waals surface area contributed by atoms with Gasteiger partial charge in [-0.2, -0.15) is 0 Å². The van der Waals surface area contributed by atoms with Crippen molar-refractivity contribution in [1.82, 2.24) is 9.55 Å². The molecule has 0 radical (unpaired) electrons. The van der Waals surface area contributed by atoms with Crippen LogP contribution >= 0.6 is 0 Å². The summed E-state index contributed by atoms with van der Waals surface area (Å²) >= 11 is 0. The summed E-state index contributed by atoms with van der Waals surface area (Å²) in [6.07, 6.45) is 4.05. The van der Waals surface area contributed by atoms with Crippen LogP contribution in [0.15, 0.2) is 35.1 Å². The molecule has 2 N–H and O–H groups in total. The highest BCUT2D eigenvalue weighted by Gasteiger charge is 2.27. The van der Waals surface area contributed by atoms with Crippen LogP contribution in [0.25, 0.3) is 11.0 Å². The Hall–Kier alpha value is -3.33. The number of carbonyl (C=O) groups excluding carboxylic acids is 2. The average molecular weight is 414 g/mol. The number of hydrogen-bond acceptors (Lipinski definition) is 7. The largest absolute Gasteiger partial charge is 0.464 e. The lowest BCUT2D eigenvalue weighted by Gasteiger charge is -2.13. The fraction of sp³-hybridized carbons (Fsp3) is 0.381. The number of furan rings is 1. The van der Waals surface area contributed by atoms with Crippen LogP contribution in [0.4, 0.5) is 11.4 Å². The van der Waals surface area contributed by atoms with Crippen molar-refractivity contribution < 1.29 is 23.5 Å². The standard InChI is InChI=1S/C21H26N4O5/c1-5-13(2)23-14-11-15-17(24-20(26)16-7-6-9-30-16)18(21(27)29-4)25(8-10-28-3)19(15)22-12-14/h6-7,9,11-13,23H,5,8,10H2,1-4H3,(H,24,26)/t13-/m1/s1. The Bertz CT molecular complexity index is 1030. The number of hydrogen-bond donors (Lipinski definition) is 2. The number of amides is 1. The highest BCUT2D eigenvalue weighted by molar-refractivity contribution is 6.14. The lowest BCUT2D eigenvalue weighted by Crippen LogP contribution is -2.18. The van der Waals surface area contributed by atoms with Crippen LogP contribution < -0.4 is 10.6 Å². The zero-order valence-corrected chi connectivity index (χ0v) is 17.5. The van der Waals surface area contributed by atoms with Gasteiger partial charge in [-0.3, -0.25) is 4.79 Å². The summed E-state index contributed by atoms with van der Waals surface area (Å²) in [6.45, 7) is 4.86. The van der Waals surface area contributed by atoms with Gasteiger partial charge in [0.05, 0.1) is 37.6 Å². The van der Waals surface area contributed by atoms with Crippen LogP contribution in [0.2, 0.25) is 0 Å². The molecule has 0 saturated carbocycles. The number of anilines is 2. The number of aromatic nitrogens is 2. The van der Waals surface area contributed by atoms with Crippen molar-refractivity contribution in [2.75, 3.05) is 31.5 Å². The molecule has 1 amide bonds. The van der Waals surface area contributed by atoms with Crippen molar-refractivity contribution in [2.24, 2.45) is 0 Å². The van der Waals surface area contributed by atoms with Crippen molar-refractivity contribution >= 4 is 34.3 Å². The zero-order valence-electron chi connectivity index (χ0n) is 17.5. The van der Waals surface area contributed by atoms with E-state index in [-0.39, 0.29) is 17.5 Å². The van der Waals surface area contributed by atoms with Crippen molar-refractivity contribution in [2.45, 2.75) is 32.9 Å². The Kier molecular flexibility index (Phi) is 6.73. The summed E-state index contributed by atoms with van der Waals surface area (Å²) < 4.78 is 17.1. The second-order valence-electron chi connectivity index (χ2n) is 6.84. The average Bonchev–Trinajstić information content (AvgIpc) is 3.39. The predicted octanol–water partition coefficient (Wildman–Crippen LogP) is 3.53. The SMILES string of the molecule is CC[C@@H](C)Nc1cnc2c(c1)c(NC(=O)c1ccco1)c(C(=O)OC)n2CCOC. The zero-order chi connectivity index (χ0) is 21.7. The normalized spacial score (nSPS) is 12.0. The summed E-state index contributed by atoms with van der Waals surface area (Å²) in [5, 5.41) is 6.77. The Morgan fingerprint density at radius 2 is 2.13 bits per heavy atom. The lowest BCUT2D eigenvalue weighted by molar-refractivity contribution is 0.0588. The van der Waals surface area contributed by atoms with Gasteiger partial charge in [-0.1, -0.05) is 6.92 Å². The van der Waals surface area contributed by atoms with Gasteiger partial charge in [-0.25, -0.2) is 9.78 Å². The van der Waals surface area contributed by atoms with Crippen LogP contribution in [-0.2, 0) is 16.0 Å². The van der Waals surface area contributed by atoms with E-state index in [2.05, 4.69) is 29.5 Å². The molecule has 3 rings (SSSR count). The van der Waals surface area contributed by atoms with Crippen LogP contribution in [-0.4, -0.2) is 48.3 Å². The first-order valence-corrected chi connectivity index (χ1v) is 9.71. The first-order chi connectivity index (χ1) is 14.5. The molecule has 0 aromatic carbocycles. The number of nitrogens with one attached hydrogen (secondary N) is 2. The van der Waals surface area contributed by atoms with Gasteiger partial charge in [0.25, 0.3) is 5.91 Å². The van der Waals surface area contributed by atoms with Crippen molar-refractivity contribution in [3.05, 3.63) is 42.1 Å². The van der Waals surface area contributed by atoms with Crippen LogP contribution in [0.3, 0.4) is 0 Å². The summed E-state index contributed by atoms with van der Waals surface area (Å²) in [5.74, 6) is -0.933. The van der Waals surface area contributed by atoms with Gasteiger partial charge in [0.2, 0.25) is 0 Å². The van der Waals surface area contributed by atoms with Gasteiger partial charge in [-0.15, -0.1) is 0 Å². The monoisotopic (exact) mass is 414 g/mol. The van der Waals surface area contributed by atoms with Crippen LogP contribution in [0.5, 0.6) is 0 Å². The van der Waals surface area contributed by atoms with Crippen LogP contribution in [0.1, 0.15) is 41.3 Å². The molecule has 9 nitrogen and oxygen atoms in total. The molecule has 3 aromatic heterocycles. The predicted molar refractivity (Wildman–Crippen MR) is 113 cm³/mol. The van der Waals surface area contributed by atoms with Gasteiger partial charge in [0, 0.05) is 25.1 Å². The first kappa shape index (κ1) is 21.4. The van der Waals surface area contributed by atoms with Gasteiger partial charge in [0.15, 0.2) is 11.5 Å². The van der Waals surface area contributed by atoms with Gasteiger partial charge >= 0.3 is 5.97 Å². The Morgan fingerprint density at radius 1 is 1.33 bits per heavy atom. The highest BCUT2D eigenvalue weighted by atomic mass is 16.5. The fourth-order valence-electron chi connectivity index (χ4n) is 3.11. The minimum Gasteiger partial charge on any atom is -0.464 e. The molecule has 0 fully saturated rings. The van der Waals surface area contributed by atoms with Gasteiger partial charge in [-0.05, 0) is 31.5 Å². The van der Waals surface area contributed by atoms with E-state index in [0.717, 1.165) is 12.1 Å². The second kappa shape index (κ2) is 9.45. The minimum atomic E-state index is -0.588. The summed E-state index contributed by atoms with van der Waals surface area (Å²) in [4.78, 5) is 29.9.